The van der Waals surface area contributed by atoms with Gasteiger partial charge in [0.2, 0.25) is 5.44 Å². The van der Waals surface area contributed by atoms with E-state index in [1.807, 2.05) is 0 Å². The summed E-state index contributed by atoms with van der Waals surface area (Å²) in [7, 11) is -6.53. The van der Waals surface area contributed by atoms with Crippen molar-refractivity contribution in [2.45, 2.75) is 55.3 Å². The molecular weight excluding hydrogens is 476 g/mol. The number of hydrogen-bond donors (Lipinski definition) is 0. The summed E-state index contributed by atoms with van der Waals surface area (Å²) in [5.74, 6) is -0.523. The molecule has 13 heteroatoms. The van der Waals surface area contributed by atoms with E-state index in [1.54, 1.807) is 30.3 Å². The molecule has 0 aliphatic carbocycles. The Bertz CT molecular complexity index is 856. The normalized spacial score (nSPS) is 16.7. The van der Waals surface area contributed by atoms with Crippen LogP contribution in [-0.4, -0.2) is 55.1 Å². The lowest BCUT2D eigenvalue weighted by Gasteiger charge is -2.17. The van der Waals surface area contributed by atoms with E-state index in [9.17, 15) is 25.6 Å². The highest BCUT2D eigenvalue weighted by Crippen LogP contribution is 2.19. The van der Waals surface area contributed by atoms with Crippen LogP contribution >= 0.6 is 0 Å². The molecule has 1 aromatic rings. The van der Waals surface area contributed by atoms with Crippen LogP contribution < -0.4 is 0 Å². The molecule has 0 saturated carbocycles. The summed E-state index contributed by atoms with van der Waals surface area (Å²) in [5, 5.41) is 0. The van der Waals surface area contributed by atoms with Gasteiger partial charge in [-0.2, -0.15) is 16.8 Å². The number of benzene rings is 1. The van der Waals surface area contributed by atoms with Gasteiger partial charge in [0, 0.05) is 18.1 Å². The molecule has 0 spiro atoms. The Hall–Kier alpha value is -0.540. The van der Waals surface area contributed by atoms with Gasteiger partial charge in [0.1, 0.15) is 0 Å². The quantitative estimate of drug-likeness (QED) is 0.200. The van der Waals surface area contributed by atoms with E-state index >= 15 is 0 Å². The van der Waals surface area contributed by atoms with E-state index in [0.29, 0.717) is 17.7 Å². The second-order valence-corrected chi connectivity index (χ2v) is 13.0. The fourth-order valence-electron chi connectivity index (χ4n) is 2.37. The van der Waals surface area contributed by atoms with Gasteiger partial charge < -0.3 is 4.55 Å². The molecule has 0 heterocycles. The van der Waals surface area contributed by atoms with Crippen LogP contribution in [0.25, 0.3) is 0 Å². The molecule has 0 fully saturated rings. The smallest absolute Gasteiger partial charge is 0.271 e. The third kappa shape index (κ3) is 10.7. The molecule has 0 radical (unpaired) electrons. The van der Waals surface area contributed by atoms with E-state index in [0.717, 1.165) is 0 Å². The maximum atomic E-state index is 12.3. The van der Waals surface area contributed by atoms with Crippen LogP contribution in [-0.2, 0) is 55.0 Å². The van der Waals surface area contributed by atoms with Crippen LogP contribution in [0.3, 0.4) is 0 Å². The number of unbranched alkanes of at least 4 members (excludes halogenated alkanes) is 3. The molecular formula is C17H28O9S4. The van der Waals surface area contributed by atoms with Crippen LogP contribution in [0.1, 0.15) is 39.5 Å². The zero-order chi connectivity index (χ0) is 22.8. The molecule has 0 bridgehead atoms. The Kier molecular flexibility index (Phi) is 12.0. The number of rotatable bonds is 15. The average molecular weight is 505 g/mol. The third-order valence-corrected chi connectivity index (χ3v) is 9.20. The first-order valence-electron chi connectivity index (χ1n) is 9.20. The van der Waals surface area contributed by atoms with Crippen molar-refractivity contribution >= 4 is 42.5 Å². The lowest BCUT2D eigenvalue weighted by molar-refractivity contribution is 0.283. The van der Waals surface area contributed by atoms with Gasteiger partial charge in [0.05, 0.1) is 18.6 Å². The van der Waals surface area contributed by atoms with E-state index < -0.39 is 53.4 Å². The van der Waals surface area contributed by atoms with Gasteiger partial charge in [0.15, 0.2) is 21.4 Å². The first kappa shape index (κ1) is 27.5. The van der Waals surface area contributed by atoms with Gasteiger partial charge in [-0.1, -0.05) is 31.0 Å². The molecule has 1 aromatic carbocycles. The zero-order valence-corrected chi connectivity index (χ0v) is 20.4. The van der Waals surface area contributed by atoms with Crippen molar-refractivity contribution in [2.24, 2.45) is 0 Å². The summed E-state index contributed by atoms with van der Waals surface area (Å²) in [4.78, 5) is 0.479. The van der Waals surface area contributed by atoms with Crippen molar-refractivity contribution in [3.05, 3.63) is 30.3 Å². The second-order valence-electron chi connectivity index (χ2n) is 6.30. The average Bonchev–Trinajstić information content (AvgIpc) is 2.69. The highest BCUT2D eigenvalue weighted by atomic mass is 32.2. The van der Waals surface area contributed by atoms with Crippen LogP contribution in [0, 0.1) is 0 Å². The molecule has 3 unspecified atom stereocenters. The molecule has 1 rings (SSSR count). The van der Waals surface area contributed by atoms with Gasteiger partial charge in [-0.3, -0.25) is 8.37 Å². The Morgan fingerprint density at radius 1 is 0.933 bits per heavy atom. The van der Waals surface area contributed by atoms with Gasteiger partial charge in [-0.15, -0.1) is 0 Å². The topological polar surface area (TPSA) is 136 Å². The molecule has 174 valence electrons. The van der Waals surface area contributed by atoms with Crippen LogP contribution in [0.5, 0.6) is 0 Å². The molecule has 4 atom stereocenters. The van der Waals surface area contributed by atoms with Gasteiger partial charge in [-0.25, -0.2) is 8.39 Å². The van der Waals surface area contributed by atoms with Crippen molar-refractivity contribution in [1.82, 2.24) is 0 Å². The summed E-state index contributed by atoms with van der Waals surface area (Å²) in [6, 6.07) is 8.44. The molecule has 0 aromatic heterocycles. The standard InChI is InChI=1S/C17H28O9S4/c1-15(27(18)17-11-7-6-8-12-17)25-29(20,21)13-9-4-5-10-14-30(22,23)26-16(2)28(19)24-3/h6-8,11-12,15-16H,4-5,9-10,13-14H2,1-3H3/t15?,16?,27-,28?/m1/s1. The van der Waals surface area contributed by atoms with Gasteiger partial charge in [0.25, 0.3) is 20.2 Å². The summed E-state index contributed by atoms with van der Waals surface area (Å²) in [6.07, 6.45) is 1.47. The zero-order valence-electron chi connectivity index (χ0n) is 17.1. The first-order valence-corrected chi connectivity index (χ1v) is 14.7. The highest BCUT2D eigenvalue weighted by molar-refractivity contribution is 7.93. The Morgan fingerprint density at radius 2 is 1.43 bits per heavy atom. The molecule has 0 aliphatic heterocycles. The molecule has 0 aliphatic rings. The highest BCUT2D eigenvalue weighted by Gasteiger charge is 2.26. The van der Waals surface area contributed by atoms with Crippen molar-refractivity contribution in [1.29, 1.82) is 0 Å². The maximum Gasteiger partial charge on any atom is 0.271 e. The fourth-order valence-corrected chi connectivity index (χ4v) is 6.84. The number of hydrogen-bond acceptors (Lipinski definition) is 9. The Labute approximate surface area is 184 Å². The summed E-state index contributed by atoms with van der Waals surface area (Å²) >= 11 is -3.48. The van der Waals surface area contributed by atoms with Crippen molar-refractivity contribution in [3.63, 3.8) is 0 Å². The van der Waals surface area contributed by atoms with Crippen molar-refractivity contribution < 1.29 is 38.1 Å². The summed E-state index contributed by atoms with van der Waals surface area (Å²) in [6.45, 7) is 2.76. The van der Waals surface area contributed by atoms with E-state index in [4.69, 9.17) is 8.37 Å². The molecule has 0 N–H and O–H groups in total. The molecule has 9 nitrogen and oxygen atoms in total. The second kappa shape index (κ2) is 13.1. The lowest BCUT2D eigenvalue weighted by atomic mass is 10.2. The monoisotopic (exact) mass is 504 g/mol. The van der Waals surface area contributed by atoms with E-state index in [-0.39, 0.29) is 24.3 Å². The molecule has 30 heavy (non-hydrogen) atoms. The molecule has 0 amide bonds. The predicted molar refractivity (Wildman–Crippen MR) is 115 cm³/mol. The van der Waals surface area contributed by atoms with Gasteiger partial charge >= 0.3 is 0 Å². The van der Waals surface area contributed by atoms with E-state index in [2.05, 4.69) is 4.18 Å². The van der Waals surface area contributed by atoms with Crippen LogP contribution in [0.15, 0.2) is 35.2 Å². The van der Waals surface area contributed by atoms with Crippen LogP contribution in [0.4, 0.5) is 0 Å². The largest absolute Gasteiger partial charge is 0.609 e. The van der Waals surface area contributed by atoms with Crippen molar-refractivity contribution in [2.75, 3.05) is 18.6 Å². The Morgan fingerprint density at radius 3 is 1.93 bits per heavy atom. The SMILES string of the molecule is COS(=O)C(C)OS(=O)(=O)CCCCCCS(=O)(=O)OC(C)[S@@+]([O-])c1ccccc1. The Balaban J connectivity index is 2.32. The first-order chi connectivity index (χ1) is 14.0. The predicted octanol–water partition coefficient (Wildman–Crippen LogP) is 2.05. The third-order valence-electron chi connectivity index (χ3n) is 3.82. The van der Waals surface area contributed by atoms with E-state index in [1.165, 1.54) is 21.0 Å². The molecule has 0 saturated heterocycles. The summed E-state index contributed by atoms with van der Waals surface area (Å²) < 4.78 is 85.6. The van der Waals surface area contributed by atoms with Crippen LogP contribution in [0.2, 0.25) is 0 Å². The summed E-state index contributed by atoms with van der Waals surface area (Å²) in [5.41, 5.74) is -2.12. The fraction of sp³-hybridized carbons (Fsp3) is 0.647. The lowest BCUT2D eigenvalue weighted by Crippen LogP contribution is -2.26. The maximum absolute atomic E-state index is 12.3. The minimum absolute atomic E-state index is 0.254. The van der Waals surface area contributed by atoms with Gasteiger partial charge in [-0.05, 0) is 31.9 Å². The van der Waals surface area contributed by atoms with Crippen molar-refractivity contribution in [3.8, 4) is 0 Å². The minimum atomic E-state index is -3.86. The minimum Gasteiger partial charge on any atom is -0.609 e.